The molecule has 0 radical (unpaired) electrons. The van der Waals surface area contributed by atoms with E-state index < -0.39 is 6.23 Å². The van der Waals surface area contributed by atoms with Crippen LogP contribution in [0, 0.1) is 0 Å². The number of nitrogens with zero attached hydrogens (tertiary/aromatic N) is 5. The first-order chi connectivity index (χ1) is 13.7. The van der Waals surface area contributed by atoms with Crippen molar-refractivity contribution in [1.29, 1.82) is 0 Å². The molecule has 0 aliphatic carbocycles. The summed E-state index contributed by atoms with van der Waals surface area (Å²) in [7, 11) is 0. The molecule has 28 heavy (non-hydrogen) atoms. The van der Waals surface area contributed by atoms with E-state index in [9.17, 15) is 4.79 Å². The first-order valence-electron chi connectivity index (χ1n) is 9.00. The van der Waals surface area contributed by atoms with Crippen LogP contribution in [0.15, 0.2) is 53.8 Å². The van der Waals surface area contributed by atoms with Crippen molar-refractivity contribution in [2.24, 2.45) is 0 Å². The molecule has 0 fully saturated rings. The first kappa shape index (κ1) is 18.4. The van der Waals surface area contributed by atoms with Gasteiger partial charge in [-0.3, -0.25) is 14.7 Å². The number of pyridine rings is 1. The summed E-state index contributed by atoms with van der Waals surface area (Å²) in [5.41, 5.74) is 2.61. The van der Waals surface area contributed by atoms with Gasteiger partial charge in [-0.05, 0) is 30.9 Å². The normalized spacial score (nSPS) is 15.2. The third kappa shape index (κ3) is 3.31. The number of aromatic nitrogens is 4. The van der Waals surface area contributed by atoms with Crippen molar-refractivity contribution in [3.63, 3.8) is 0 Å². The fourth-order valence-corrected chi connectivity index (χ4v) is 3.41. The Labute approximate surface area is 167 Å². The van der Waals surface area contributed by atoms with Gasteiger partial charge in [0, 0.05) is 18.2 Å². The Kier molecular flexibility index (Phi) is 5.21. The van der Waals surface area contributed by atoms with Crippen LogP contribution < -0.4 is 9.64 Å². The minimum atomic E-state index is -0.742. The Balaban J connectivity index is 1.95. The van der Waals surface area contributed by atoms with Crippen LogP contribution >= 0.6 is 11.8 Å². The van der Waals surface area contributed by atoms with E-state index in [1.165, 1.54) is 11.8 Å². The lowest BCUT2D eigenvalue weighted by Crippen LogP contribution is -2.38. The van der Waals surface area contributed by atoms with E-state index >= 15 is 0 Å². The minimum absolute atomic E-state index is 0.0449. The van der Waals surface area contributed by atoms with Gasteiger partial charge in [-0.1, -0.05) is 43.0 Å². The van der Waals surface area contributed by atoms with E-state index in [0.717, 1.165) is 12.0 Å². The van der Waals surface area contributed by atoms with Gasteiger partial charge in [0.15, 0.2) is 5.69 Å². The van der Waals surface area contributed by atoms with Crippen LogP contribution in [-0.4, -0.2) is 32.3 Å². The molecule has 4 rings (SSSR count). The van der Waals surface area contributed by atoms with E-state index in [1.807, 2.05) is 55.6 Å². The molecule has 3 heterocycles. The fourth-order valence-electron chi connectivity index (χ4n) is 3.12. The van der Waals surface area contributed by atoms with Crippen molar-refractivity contribution in [3.05, 3.63) is 54.4 Å². The predicted molar refractivity (Wildman–Crippen MR) is 107 cm³/mol. The number of para-hydroxylation sites is 1. The number of hydrogen-bond acceptors (Lipinski definition) is 7. The highest BCUT2D eigenvalue weighted by Gasteiger charge is 2.36. The third-order valence-corrected chi connectivity index (χ3v) is 4.91. The largest absolute Gasteiger partial charge is 0.445 e. The molecule has 1 aliphatic heterocycles. The molecule has 0 spiro atoms. The molecule has 0 N–H and O–H groups in total. The highest BCUT2D eigenvalue weighted by molar-refractivity contribution is 7.98. The van der Waals surface area contributed by atoms with Crippen LogP contribution in [0.25, 0.3) is 11.3 Å². The quantitative estimate of drug-likeness (QED) is 0.622. The van der Waals surface area contributed by atoms with Crippen LogP contribution in [0.4, 0.5) is 5.69 Å². The lowest BCUT2D eigenvalue weighted by atomic mass is 10.1. The zero-order chi connectivity index (χ0) is 19.5. The van der Waals surface area contributed by atoms with Crippen molar-refractivity contribution in [3.8, 4) is 17.1 Å². The SMILES string of the molecule is CCCC(=O)N1c2ccccc2-c2nnc(SC)nc2O[C@@H]1c1ccccn1. The van der Waals surface area contributed by atoms with Crippen LogP contribution in [0.5, 0.6) is 5.88 Å². The molecule has 0 bridgehead atoms. The monoisotopic (exact) mass is 393 g/mol. The molecule has 8 heteroatoms. The number of thioether (sulfide) groups is 1. The van der Waals surface area contributed by atoms with Gasteiger partial charge in [0.05, 0.1) is 5.69 Å². The Morgan fingerprint density at radius 1 is 1.18 bits per heavy atom. The summed E-state index contributed by atoms with van der Waals surface area (Å²) in [6, 6.07) is 13.1. The van der Waals surface area contributed by atoms with Gasteiger partial charge in [0.25, 0.3) is 0 Å². The number of ether oxygens (including phenoxy) is 1. The van der Waals surface area contributed by atoms with Crippen LogP contribution in [0.2, 0.25) is 0 Å². The Morgan fingerprint density at radius 3 is 2.75 bits per heavy atom. The third-order valence-electron chi connectivity index (χ3n) is 4.37. The maximum atomic E-state index is 13.1. The molecule has 1 amide bonds. The van der Waals surface area contributed by atoms with Gasteiger partial charge in [-0.15, -0.1) is 10.2 Å². The lowest BCUT2D eigenvalue weighted by molar-refractivity contribution is -0.120. The molecule has 1 aromatic carbocycles. The molecule has 3 aromatic rings. The summed E-state index contributed by atoms with van der Waals surface area (Å²) in [4.78, 5) is 23.7. The molecule has 0 saturated heterocycles. The number of carbonyl (C=O) groups excluding carboxylic acids is 1. The summed E-state index contributed by atoms with van der Waals surface area (Å²) in [6.45, 7) is 1.98. The zero-order valence-electron chi connectivity index (χ0n) is 15.6. The zero-order valence-corrected chi connectivity index (χ0v) is 16.4. The molecule has 0 saturated carbocycles. The van der Waals surface area contributed by atoms with Crippen molar-refractivity contribution in [2.45, 2.75) is 31.1 Å². The van der Waals surface area contributed by atoms with Gasteiger partial charge in [-0.25, -0.2) is 0 Å². The fraction of sp³-hybridized carbons (Fsp3) is 0.250. The number of hydrogen-bond donors (Lipinski definition) is 0. The molecule has 7 nitrogen and oxygen atoms in total. The second-order valence-corrected chi connectivity index (χ2v) is 6.98. The van der Waals surface area contributed by atoms with Crippen molar-refractivity contribution < 1.29 is 9.53 Å². The molecular weight excluding hydrogens is 374 g/mol. The maximum absolute atomic E-state index is 13.1. The van der Waals surface area contributed by atoms with Gasteiger partial charge in [0.2, 0.25) is 23.2 Å². The van der Waals surface area contributed by atoms with Crippen LogP contribution in [0.3, 0.4) is 0 Å². The number of benzene rings is 1. The minimum Gasteiger partial charge on any atom is -0.445 e. The number of carbonyl (C=O) groups is 1. The number of fused-ring (bicyclic) bond motifs is 3. The summed E-state index contributed by atoms with van der Waals surface area (Å²) in [5, 5.41) is 9.00. The van der Waals surface area contributed by atoms with Crippen LogP contribution in [-0.2, 0) is 4.79 Å². The molecule has 1 aliphatic rings. The highest BCUT2D eigenvalue weighted by Crippen LogP contribution is 2.43. The Morgan fingerprint density at radius 2 is 2.00 bits per heavy atom. The van der Waals surface area contributed by atoms with E-state index in [-0.39, 0.29) is 5.91 Å². The van der Waals surface area contributed by atoms with E-state index in [1.54, 1.807) is 11.1 Å². The standard InChI is InChI=1S/C20H19N5O2S/c1-3-8-16(26)25-15-11-5-4-9-13(15)17-18(22-20(28-2)24-23-17)27-19(25)14-10-6-7-12-21-14/h4-7,9-12,19H,3,8H2,1-2H3/t19-/m1/s1. The highest BCUT2D eigenvalue weighted by atomic mass is 32.2. The molecule has 2 aromatic heterocycles. The van der Waals surface area contributed by atoms with Gasteiger partial charge >= 0.3 is 0 Å². The summed E-state index contributed by atoms with van der Waals surface area (Å²) in [5.74, 6) is 0.297. The second-order valence-electron chi connectivity index (χ2n) is 6.21. The number of anilines is 1. The molecule has 142 valence electrons. The van der Waals surface area contributed by atoms with Crippen molar-refractivity contribution >= 4 is 23.4 Å². The first-order valence-corrected chi connectivity index (χ1v) is 10.2. The number of rotatable bonds is 4. The summed E-state index contributed by atoms with van der Waals surface area (Å²) in [6.07, 6.45) is 3.95. The lowest BCUT2D eigenvalue weighted by Gasteiger charge is -2.30. The van der Waals surface area contributed by atoms with E-state index in [2.05, 4.69) is 20.2 Å². The van der Waals surface area contributed by atoms with Crippen molar-refractivity contribution in [1.82, 2.24) is 20.2 Å². The Bertz CT molecular complexity index is 999. The maximum Gasteiger partial charge on any atom is 0.247 e. The molecule has 1 atom stereocenters. The van der Waals surface area contributed by atoms with Crippen LogP contribution in [0.1, 0.15) is 31.7 Å². The average Bonchev–Trinajstić information content (AvgIpc) is 2.88. The van der Waals surface area contributed by atoms with Gasteiger partial charge < -0.3 is 4.74 Å². The average molecular weight is 393 g/mol. The Hall–Kier alpha value is -3.00. The second kappa shape index (κ2) is 7.93. The van der Waals surface area contributed by atoms with E-state index in [4.69, 9.17) is 4.74 Å². The smallest absolute Gasteiger partial charge is 0.247 e. The van der Waals surface area contributed by atoms with E-state index in [0.29, 0.717) is 34.5 Å². The summed E-state index contributed by atoms with van der Waals surface area (Å²) >= 11 is 1.38. The van der Waals surface area contributed by atoms with Crippen molar-refractivity contribution in [2.75, 3.05) is 11.2 Å². The predicted octanol–water partition coefficient (Wildman–Crippen LogP) is 3.88. The summed E-state index contributed by atoms with van der Waals surface area (Å²) < 4.78 is 6.26. The van der Waals surface area contributed by atoms with Gasteiger partial charge in [0.1, 0.15) is 5.69 Å². The van der Waals surface area contributed by atoms with Gasteiger partial charge in [-0.2, -0.15) is 4.98 Å². The number of amides is 1. The topological polar surface area (TPSA) is 81.1 Å². The molecular formula is C20H19N5O2S. The molecule has 0 unspecified atom stereocenters.